The number of nitrogens with zero attached hydrogens (tertiary/aromatic N) is 2. The van der Waals surface area contributed by atoms with Gasteiger partial charge in [-0.1, -0.05) is 23.7 Å². The maximum Gasteiger partial charge on any atom is 0.0723 e. The summed E-state index contributed by atoms with van der Waals surface area (Å²) < 4.78 is 0. The van der Waals surface area contributed by atoms with Crippen LogP contribution in [0.3, 0.4) is 0 Å². The summed E-state index contributed by atoms with van der Waals surface area (Å²) in [5.41, 5.74) is 7.22. The number of rotatable bonds is 7. The van der Waals surface area contributed by atoms with Gasteiger partial charge in [0.15, 0.2) is 0 Å². The van der Waals surface area contributed by atoms with E-state index in [9.17, 15) is 0 Å². The molecular weight excluding hydrogens is 430 g/mol. The second kappa shape index (κ2) is 9.59. The number of anilines is 5. The number of fused-ring (bicyclic) bond motifs is 1. The normalized spacial score (nSPS) is 10.7. The van der Waals surface area contributed by atoms with Crippen LogP contribution in [0.15, 0.2) is 104 Å². The van der Waals surface area contributed by atoms with Gasteiger partial charge in [0, 0.05) is 64.0 Å². The van der Waals surface area contributed by atoms with Crippen molar-refractivity contribution in [2.24, 2.45) is 0 Å². The molecule has 0 fully saturated rings. The van der Waals surface area contributed by atoms with E-state index in [0.717, 1.165) is 45.9 Å². The molecule has 0 aliphatic carbocycles. The number of halogens is 1. The van der Waals surface area contributed by atoms with E-state index in [0.29, 0.717) is 5.02 Å². The molecule has 3 aromatic carbocycles. The minimum atomic E-state index is 0.696. The first kappa shape index (κ1) is 20.8. The lowest BCUT2D eigenvalue weighted by atomic mass is 10.1. The van der Waals surface area contributed by atoms with E-state index < -0.39 is 0 Å². The molecule has 33 heavy (non-hydrogen) atoms. The second-order valence-corrected chi connectivity index (χ2v) is 8.07. The van der Waals surface area contributed by atoms with Crippen LogP contribution >= 0.6 is 11.6 Å². The summed E-state index contributed by atoms with van der Waals surface area (Å²) in [4.78, 5) is 8.44. The number of nitrogens with one attached hydrogen (secondary N) is 3. The Bertz CT molecular complexity index is 1350. The summed E-state index contributed by atoms with van der Waals surface area (Å²) in [5, 5.41) is 12.0. The first-order valence-corrected chi connectivity index (χ1v) is 11.0. The number of pyridine rings is 2. The van der Waals surface area contributed by atoms with Crippen molar-refractivity contribution in [3.05, 3.63) is 114 Å². The average Bonchev–Trinajstić information content (AvgIpc) is 2.85. The van der Waals surface area contributed by atoms with Gasteiger partial charge in [0.1, 0.15) is 0 Å². The Hall–Kier alpha value is -4.09. The molecule has 0 amide bonds. The predicted molar refractivity (Wildman–Crippen MR) is 138 cm³/mol. The lowest BCUT2D eigenvalue weighted by molar-refractivity contribution is 1.15. The van der Waals surface area contributed by atoms with Crippen molar-refractivity contribution in [2.45, 2.75) is 6.54 Å². The number of aromatic nitrogens is 2. The maximum absolute atomic E-state index is 6.18. The molecule has 5 nitrogen and oxygen atoms in total. The Kier molecular flexibility index (Phi) is 6.04. The van der Waals surface area contributed by atoms with E-state index in [1.54, 1.807) is 18.6 Å². The van der Waals surface area contributed by atoms with Crippen molar-refractivity contribution < 1.29 is 0 Å². The van der Waals surface area contributed by atoms with Crippen molar-refractivity contribution in [3.8, 4) is 0 Å². The number of hydrogen-bond donors (Lipinski definition) is 3. The van der Waals surface area contributed by atoms with E-state index in [1.165, 1.54) is 5.56 Å². The van der Waals surface area contributed by atoms with Gasteiger partial charge in [-0.05, 0) is 78.4 Å². The molecule has 0 radical (unpaired) electrons. The van der Waals surface area contributed by atoms with Crippen LogP contribution in [-0.4, -0.2) is 9.97 Å². The molecule has 0 atom stereocenters. The first-order chi connectivity index (χ1) is 16.2. The molecular formula is C27H22ClN5. The SMILES string of the molecule is Clc1ccc2nccc(Nc3ccc(CNc4ccc(Nc5ccncc5)cc4)cc3)c2c1. The van der Waals surface area contributed by atoms with Gasteiger partial charge in [-0.25, -0.2) is 0 Å². The zero-order valence-corrected chi connectivity index (χ0v) is 18.6. The highest BCUT2D eigenvalue weighted by atomic mass is 35.5. The van der Waals surface area contributed by atoms with Gasteiger partial charge in [0.05, 0.1) is 5.52 Å². The fourth-order valence-corrected chi connectivity index (χ4v) is 3.74. The van der Waals surface area contributed by atoms with Crippen LogP contribution in [0.4, 0.5) is 28.4 Å². The Morgan fingerprint density at radius 3 is 2.09 bits per heavy atom. The summed E-state index contributed by atoms with van der Waals surface area (Å²) in [6.45, 7) is 0.741. The molecule has 0 spiro atoms. The molecule has 0 aliphatic heterocycles. The van der Waals surface area contributed by atoms with Crippen molar-refractivity contribution in [1.29, 1.82) is 0 Å². The lowest BCUT2D eigenvalue weighted by Gasteiger charge is -2.12. The van der Waals surface area contributed by atoms with Crippen molar-refractivity contribution >= 4 is 50.9 Å². The van der Waals surface area contributed by atoms with Crippen LogP contribution in [-0.2, 0) is 6.54 Å². The quantitative estimate of drug-likeness (QED) is 0.241. The van der Waals surface area contributed by atoms with Crippen LogP contribution in [0.5, 0.6) is 0 Å². The zero-order valence-electron chi connectivity index (χ0n) is 17.8. The van der Waals surface area contributed by atoms with E-state index in [-0.39, 0.29) is 0 Å². The topological polar surface area (TPSA) is 61.9 Å². The number of benzene rings is 3. The van der Waals surface area contributed by atoms with E-state index in [1.807, 2.05) is 36.4 Å². The zero-order chi connectivity index (χ0) is 22.5. The van der Waals surface area contributed by atoms with Crippen molar-refractivity contribution in [1.82, 2.24) is 9.97 Å². The first-order valence-electron chi connectivity index (χ1n) is 10.6. The van der Waals surface area contributed by atoms with Gasteiger partial charge in [0.25, 0.3) is 0 Å². The molecule has 2 heterocycles. The summed E-state index contributed by atoms with van der Waals surface area (Å²) in [6.07, 6.45) is 5.34. The minimum Gasteiger partial charge on any atom is -0.381 e. The molecule has 5 aromatic rings. The molecule has 2 aromatic heterocycles. The number of hydrogen-bond acceptors (Lipinski definition) is 5. The molecule has 0 saturated carbocycles. The highest BCUT2D eigenvalue weighted by molar-refractivity contribution is 6.31. The molecule has 6 heteroatoms. The minimum absolute atomic E-state index is 0.696. The average molecular weight is 452 g/mol. The van der Waals surface area contributed by atoms with E-state index >= 15 is 0 Å². The third-order valence-electron chi connectivity index (χ3n) is 5.29. The van der Waals surface area contributed by atoms with E-state index in [2.05, 4.69) is 74.4 Å². The summed E-state index contributed by atoms with van der Waals surface area (Å²) >= 11 is 6.18. The fourth-order valence-electron chi connectivity index (χ4n) is 3.57. The largest absolute Gasteiger partial charge is 0.381 e. The molecule has 0 aliphatic rings. The van der Waals surface area contributed by atoms with Crippen molar-refractivity contribution in [2.75, 3.05) is 16.0 Å². The monoisotopic (exact) mass is 451 g/mol. The van der Waals surface area contributed by atoms with Gasteiger partial charge in [-0.3, -0.25) is 9.97 Å². The molecule has 162 valence electrons. The molecule has 0 saturated heterocycles. The summed E-state index contributed by atoms with van der Waals surface area (Å²) in [7, 11) is 0. The van der Waals surface area contributed by atoms with Crippen LogP contribution in [0, 0.1) is 0 Å². The van der Waals surface area contributed by atoms with Crippen LogP contribution < -0.4 is 16.0 Å². The summed E-state index contributed by atoms with van der Waals surface area (Å²) in [6, 6.07) is 28.2. The highest BCUT2D eigenvalue weighted by Gasteiger charge is 2.04. The standard InChI is InChI=1S/C27H22ClN5/c28-20-3-10-26-25(17-20)27(13-16-30-26)33-23-4-1-19(2-5-23)18-31-21-6-8-22(9-7-21)32-24-11-14-29-15-12-24/h1-17,31H,18H2,(H,29,32)(H,30,33). The van der Waals surface area contributed by atoms with Gasteiger partial charge in [-0.15, -0.1) is 0 Å². The Labute approximate surface area is 197 Å². The molecule has 5 rings (SSSR count). The van der Waals surface area contributed by atoms with Crippen LogP contribution in [0.2, 0.25) is 5.02 Å². The molecule has 0 unspecified atom stereocenters. The van der Waals surface area contributed by atoms with Gasteiger partial charge in [0.2, 0.25) is 0 Å². The van der Waals surface area contributed by atoms with Crippen molar-refractivity contribution in [3.63, 3.8) is 0 Å². The second-order valence-electron chi connectivity index (χ2n) is 7.63. The molecule has 3 N–H and O–H groups in total. The van der Waals surface area contributed by atoms with Gasteiger partial charge >= 0.3 is 0 Å². The smallest absolute Gasteiger partial charge is 0.0723 e. The Morgan fingerprint density at radius 2 is 1.30 bits per heavy atom. The molecule has 0 bridgehead atoms. The third kappa shape index (κ3) is 5.22. The summed E-state index contributed by atoms with van der Waals surface area (Å²) in [5.74, 6) is 0. The van der Waals surface area contributed by atoms with Crippen LogP contribution in [0.1, 0.15) is 5.56 Å². The lowest BCUT2D eigenvalue weighted by Crippen LogP contribution is -2.00. The van der Waals surface area contributed by atoms with Gasteiger partial charge < -0.3 is 16.0 Å². The van der Waals surface area contributed by atoms with E-state index in [4.69, 9.17) is 11.6 Å². The predicted octanol–water partition coefficient (Wildman–Crippen LogP) is 7.38. The maximum atomic E-state index is 6.18. The van der Waals surface area contributed by atoms with Crippen LogP contribution in [0.25, 0.3) is 10.9 Å². The Morgan fingerprint density at radius 1 is 0.636 bits per heavy atom. The highest BCUT2D eigenvalue weighted by Crippen LogP contribution is 2.28. The fraction of sp³-hybridized carbons (Fsp3) is 0.0370. The Balaban J connectivity index is 1.20. The third-order valence-corrected chi connectivity index (χ3v) is 5.52. The van der Waals surface area contributed by atoms with Gasteiger partial charge in [-0.2, -0.15) is 0 Å².